The van der Waals surface area contributed by atoms with Gasteiger partial charge in [0, 0.05) is 12.0 Å². The van der Waals surface area contributed by atoms with Crippen LogP contribution >= 0.6 is 0 Å². The van der Waals surface area contributed by atoms with Gasteiger partial charge in [0.2, 0.25) is 5.60 Å². The van der Waals surface area contributed by atoms with Crippen molar-refractivity contribution < 1.29 is 14.3 Å². The Labute approximate surface area is 106 Å². The molecule has 0 bridgehead atoms. The topological polar surface area (TPSA) is 35.5 Å². The lowest BCUT2D eigenvalue weighted by molar-refractivity contribution is 0.0493. The summed E-state index contributed by atoms with van der Waals surface area (Å²) in [7, 11) is 0. The number of carbonyl (C=O) groups excluding carboxylic acids is 1. The second-order valence-corrected chi connectivity index (χ2v) is 4.71. The molecule has 1 aromatic carbocycles. The summed E-state index contributed by atoms with van der Waals surface area (Å²) in [4.78, 5) is 11.3. The molecule has 3 rings (SSSR count). The van der Waals surface area contributed by atoms with Gasteiger partial charge in [-0.25, -0.2) is 4.79 Å². The van der Waals surface area contributed by atoms with E-state index in [-0.39, 0.29) is 6.10 Å². The van der Waals surface area contributed by atoms with Crippen LogP contribution in [0.2, 0.25) is 0 Å². The molecule has 1 aromatic rings. The third kappa shape index (κ3) is 1.95. The first kappa shape index (κ1) is 11.2. The van der Waals surface area contributed by atoms with Crippen LogP contribution in [-0.4, -0.2) is 17.9 Å². The summed E-state index contributed by atoms with van der Waals surface area (Å²) < 4.78 is 10.5. The van der Waals surface area contributed by atoms with Crippen molar-refractivity contribution in [2.75, 3.05) is 0 Å². The van der Waals surface area contributed by atoms with Gasteiger partial charge in [-0.2, -0.15) is 0 Å². The minimum absolute atomic E-state index is 0.199. The molecule has 1 saturated heterocycles. The van der Waals surface area contributed by atoms with E-state index in [1.54, 1.807) is 0 Å². The van der Waals surface area contributed by atoms with Crippen molar-refractivity contribution >= 4 is 6.16 Å². The van der Waals surface area contributed by atoms with Crippen molar-refractivity contribution in [1.82, 2.24) is 0 Å². The van der Waals surface area contributed by atoms with Crippen molar-refractivity contribution in [3.63, 3.8) is 0 Å². The Balaban J connectivity index is 1.90. The Morgan fingerprint density at radius 3 is 2.89 bits per heavy atom. The van der Waals surface area contributed by atoms with E-state index in [0.29, 0.717) is 0 Å². The molecule has 0 amide bonds. The van der Waals surface area contributed by atoms with Crippen LogP contribution in [0.5, 0.6) is 0 Å². The molecule has 1 saturated carbocycles. The van der Waals surface area contributed by atoms with E-state index >= 15 is 0 Å². The van der Waals surface area contributed by atoms with Crippen molar-refractivity contribution in [2.45, 2.75) is 37.4 Å². The van der Waals surface area contributed by atoms with Crippen molar-refractivity contribution in [3.8, 4) is 11.8 Å². The Bertz CT molecular complexity index is 512. The monoisotopic (exact) mass is 242 g/mol. The van der Waals surface area contributed by atoms with Gasteiger partial charge in [-0.1, -0.05) is 24.1 Å². The summed E-state index contributed by atoms with van der Waals surface area (Å²) >= 11 is 0. The minimum Gasteiger partial charge on any atom is -0.426 e. The van der Waals surface area contributed by atoms with Crippen LogP contribution in [-0.2, 0) is 9.47 Å². The second kappa shape index (κ2) is 4.38. The van der Waals surface area contributed by atoms with Gasteiger partial charge in [-0.3, -0.25) is 0 Å². The molecule has 1 aliphatic carbocycles. The number of fused-ring (bicyclic) bond motifs is 1. The zero-order chi connectivity index (χ0) is 12.4. The summed E-state index contributed by atoms with van der Waals surface area (Å²) in [6.45, 7) is 0. The minimum atomic E-state index is -0.717. The molecule has 3 nitrogen and oxygen atoms in total. The van der Waals surface area contributed by atoms with Gasteiger partial charge in [0.15, 0.2) is 6.10 Å². The molecule has 92 valence electrons. The van der Waals surface area contributed by atoms with Crippen molar-refractivity contribution in [3.05, 3.63) is 35.9 Å². The number of hydrogen-bond acceptors (Lipinski definition) is 3. The number of hydrogen-bond donors (Lipinski definition) is 0. The molecule has 0 unspecified atom stereocenters. The van der Waals surface area contributed by atoms with Gasteiger partial charge >= 0.3 is 6.16 Å². The molecule has 2 atom stereocenters. The van der Waals surface area contributed by atoms with E-state index < -0.39 is 11.8 Å². The van der Waals surface area contributed by atoms with Gasteiger partial charge in [0.1, 0.15) is 0 Å². The summed E-state index contributed by atoms with van der Waals surface area (Å²) in [5.41, 5.74) is 0.213. The maximum Gasteiger partial charge on any atom is 0.510 e. The van der Waals surface area contributed by atoms with E-state index in [9.17, 15) is 4.79 Å². The highest BCUT2D eigenvalue weighted by Crippen LogP contribution is 2.38. The fraction of sp³-hybridized carbons (Fsp3) is 0.400. The van der Waals surface area contributed by atoms with E-state index in [1.807, 2.05) is 30.3 Å². The molecule has 2 fully saturated rings. The lowest BCUT2D eigenvalue weighted by atomic mass is 9.82. The third-order valence-electron chi connectivity index (χ3n) is 3.48. The van der Waals surface area contributed by atoms with Crippen molar-refractivity contribution in [1.29, 1.82) is 0 Å². The normalized spacial score (nSPS) is 29.6. The fourth-order valence-electron chi connectivity index (χ4n) is 2.54. The van der Waals surface area contributed by atoms with Gasteiger partial charge < -0.3 is 9.47 Å². The van der Waals surface area contributed by atoms with Crippen LogP contribution in [0.1, 0.15) is 31.2 Å². The summed E-state index contributed by atoms with van der Waals surface area (Å²) in [6, 6.07) is 9.72. The molecule has 0 spiro atoms. The number of carbonyl (C=O) groups is 1. The first-order valence-corrected chi connectivity index (χ1v) is 6.26. The molecule has 1 heterocycles. The van der Waals surface area contributed by atoms with Crippen molar-refractivity contribution in [2.24, 2.45) is 0 Å². The lowest BCUT2D eigenvalue weighted by Crippen LogP contribution is -2.41. The Morgan fingerprint density at radius 2 is 2.06 bits per heavy atom. The van der Waals surface area contributed by atoms with E-state index in [4.69, 9.17) is 9.47 Å². The number of ether oxygens (including phenoxy) is 2. The Hall–Kier alpha value is -1.95. The molecule has 0 N–H and O–H groups in total. The molecule has 18 heavy (non-hydrogen) atoms. The molecule has 0 radical (unpaired) electrons. The van der Waals surface area contributed by atoms with Crippen LogP contribution in [0.3, 0.4) is 0 Å². The number of rotatable bonds is 0. The van der Waals surface area contributed by atoms with Crippen LogP contribution in [0, 0.1) is 11.8 Å². The third-order valence-corrected chi connectivity index (χ3v) is 3.48. The van der Waals surface area contributed by atoms with E-state index in [0.717, 1.165) is 31.2 Å². The van der Waals surface area contributed by atoms with Gasteiger partial charge in [-0.15, -0.1) is 0 Å². The largest absolute Gasteiger partial charge is 0.510 e. The van der Waals surface area contributed by atoms with Gasteiger partial charge in [-0.05, 0) is 37.3 Å². The van der Waals surface area contributed by atoms with Crippen LogP contribution < -0.4 is 0 Å². The van der Waals surface area contributed by atoms with Gasteiger partial charge in [0.05, 0.1) is 0 Å². The highest BCUT2D eigenvalue weighted by molar-refractivity contribution is 5.65. The smallest absolute Gasteiger partial charge is 0.426 e. The Kier molecular flexibility index (Phi) is 2.71. The first-order chi connectivity index (χ1) is 8.78. The molecule has 2 aliphatic rings. The summed E-state index contributed by atoms with van der Waals surface area (Å²) in [5.74, 6) is 6.22. The van der Waals surface area contributed by atoms with Crippen LogP contribution in [0.25, 0.3) is 0 Å². The van der Waals surface area contributed by atoms with Crippen LogP contribution in [0.15, 0.2) is 30.3 Å². The zero-order valence-corrected chi connectivity index (χ0v) is 10.0. The second-order valence-electron chi connectivity index (χ2n) is 4.71. The maximum absolute atomic E-state index is 11.3. The summed E-state index contributed by atoms with van der Waals surface area (Å²) in [6.07, 6.45) is 2.92. The average molecular weight is 242 g/mol. The average Bonchev–Trinajstić information content (AvgIpc) is 2.74. The SMILES string of the molecule is O=C1O[C@@H]2CCCC[C@]2(C#Cc2ccccc2)O1. The molecular weight excluding hydrogens is 228 g/mol. The molecule has 1 aliphatic heterocycles. The van der Waals surface area contributed by atoms with E-state index in [2.05, 4.69) is 11.8 Å². The highest BCUT2D eigenvalue weighted by atomic mass is 16.8. The predicted molar refractivity (Wildman–Crippen MR) is 65.9 cm³/mol. The molecule has 3 heteroatoms. The van der Waals surface area contributed by atoms with Crippen LogP contribution in [0.4, 0.5) is 4.79 Å². The lowest BCUT2D eigenvalue weighted by Gasteiger charge is -2.29. The van der Waals surface area contributed by atoms with E-state index in [1.165, 1.54) is 0 Å². The Morgan fingerprint density at radius 1 is 1.22 bits per heavy atom. The predicted octanol–water partition coefficient (Wildman–Crippen LogP) is 2.89. The zero-order valence-electron chi connectivity index (χ0n) is 10.0. The molecule has 0 aromatic heterocycles. The maximum atomic E-state index is 11.3. The molecular formula is C15H14O3. The number of benzene rings is 1. The quantitative estimate of drug-likeness (QED) is 0.518. The fourth-order valence-corrected chi connectivity index (χ4v) is 2.54. The van der Waals surface area contributed by atoms with Gasteiger partial charge in [0.25, 0.3) is 0 Å². The first-order valence-electron chi connectivity index (χ1n) is 6.26. The standard InChI is InChI=1S/C15H14O3/c16-14-17-13-8-4-5-10-15(13,18-14)11-9-12-6-2-1-3-7-12/h1-3,6-7,13H,4-5,8,10H2/t13-,15-/m1/s1. The summed E-state index contributed by atoms with van der Waals surface area (Å²) in [5, 5.41) is 0. The highest BCUT2D eigenvalue weighted by Gasteiger charge is 2.51.